The Morgan fingerprint density at radius 3 is 2.70 bits per heavy atom. The van der Waals surface area contributed by atoms with E-state index in [0.717, 1.165) is 29.5 Å². The third-order valence-electron chi connectivity index (χ3n) is 3.76. The van der Waals surface area contributed by atoms with E-state index in [2.05, 4.69) is 31.1 Å². The summed E-state index contributed by atoms with van der Waals surface area (Å²) in [7, 11) is 2.02. The smallest absolute Gasteiger partial charge is 0.407 e. The number of pyridine rings is 1. The van der Waals surface area contributed by atoms with Crippen molar-refractivity contribution < 1.29 is 9.53 Å². The lowest BCUT2D eigenvalue weighted by Crippen LogP contribution is -2.39. The van der Waals surface area contributed by atoms with Crippen molar-refractivity contribution in [2.24, 2.45) is 5.41 Å². The fourth-order valence-electron chi connectivity index (χ4n) is 2.36. The number of nitrogens with zero attached hydrogens (tertiary/aromatic N) is 2. The number of aromatic nitrogens is 1. The molecule has 1 N–H and O–H groups in total. The third kappa shape index (κ3) is 5.53. The summed E-state index contributed by atoms with van der Waals surface area (Å²) in [6, 6.07) is 1.95. The van der Waals surface area contributed by atoms with Crippen LogP contribution in [0.4, 0.5) is 10.5 Å². The Balaban J connectivity index is 1.89. The molecule has 1 aliphatic rings. The molecule has 5 nitrogen and oxygen atoms in total. The van der Waals surface area contributed by atoms with Gasteiger partial charge in [0, 0.05) is 25.6 Å². The molecule has 1 amide bonds. The van der Waals surface area contributed by atoms with Crippen LogP contribution in [0.5, 0.6) is 0 Å². The summed E-state index contributed by atoms with van der Waals surface area (Å²) in [5.74, 6) is 0. The maximum atomic E-state index is 11.8. The predicted molar refractivity (Wildman–Crippen MR) is 96.1 cm³/mol. The van der Waals surface area contributed by atoms with Crippen molar-refractivity contribution in [1.29, 1.82) is 0 Å². The summed E-state index contributed by atoms with van der Waals surface area (Å²) in [5, 5.41) is 3.34. The molecule has 0 bridgehead atoms. The zero-order valence-electron chi connectivity index (χ0n) is 13.9. The topological polar surface area (TPSA) is 54.5 Å². The molecule has 0 aliphatic heterocycles. The number of carbonyl (C=O) groups excluding carboxylic acids is 1. The number of hydrogen-bond donors (Lipinski definition) is 1. The maximum absolute atomic E-state index is 11.8. The van der Waals surface area contributed by atoms with Gasteiger partial charge in [-0.15, -0.1) is 0 Å². The van der Waals surface area contributed by atoms with Crippen LogP contribution in [-0.4, -0.2) is 36.8 Å². The van der Waals surface area contributed by atoms with Crippen molar-refractivity contribution in [2.45, 2.75) is 39.2 Å². The normalized spacial score (nSPS) is 15.9. The fraction of sp³-hybridized carbons (Fsp3) is 0.625. The highest BCUT2D eigenvalue weighted by Gasteiger charge is 2.44. The van der Waals surface area contributed by atoms with E-state index >= 15 is 0 Å². The molecule has 2 rings (SSSR count). The number of halogens is 2. The van der Waals surface area contributed by atoms with Crippen LogP contribution >= 0.6 is 27.5 Å². The van der Waals surface area contributed by atoms with Crippen molar-refractivity contribution >= 4 is 39.3 Å². The summed E-state index contributed by atoms with van der Waals surface area (Å²) >= 11 is 9.32. The van der Waals surface area contributed by atoms with Gasteiger partial charge < -0.3 is 15.0 Å². The van der Waals surface area contributed by atoms with Crippen LogP contribution in [0.1, 0.15) is 33.6 Å². The predicted octanol–water partition coefficient (Wildman–Crippen LogP) is 4.24. The number of hydrogen-bond acceptors (Lipinski definition) is 4. The largest absolute Gasteiger partial charge is 0.444 e. The molecule has 1 heterocycles. The van der Waals surface area contributed by atoms with Gasteiger partial charge in [-0.05, 0) is 55.6 Å². The highest BCUT2D eigenvalue weighted by Crippen LogP contribution is 2.46. The van der Waals surface area contributed by atoms with Crippen LogP contribution in [0.15, 0.2) is 16.7 Å². The first-order valence-corrected chi connectivity index (χ1v) is 8.76. The number of alkyl carbamates (subject to hydrolysis) is 1. The molecule has 0 saturated heterocycles. The first-order valence-electron chi connectivity index (χ1n) is 7.59. The molecule has 0 unspecified atom stereocenters. The molecule has 1 saturated carbocycles. The zero-order valence-corrected chi connectivity index (χ0v) is 16.3. The van der Waals surface area contributed by atoms with E-state index in [1.807, 2.05) is 33.9 Å². The van der Waals surface area contributed by atoms with Gasteiger partial charge in [-0.2, -0.15) is 0 Å². The van der Waals surface area contributed by atoms with Gasteiger partial charge in [0.1, 0.15) is 10.8 Å². The van der Waals surface area contributed by atoms with Crippen molar-refractivity contribution in [3.8, 4) is 0 Å². The maximum Gasteiger partial charge on any atom is 0.407 e. The van der Waals surface area contributed by atoms with Crippen LogP contribution in [0.3, 0.4) is 0 Å². The number of rotatable bonds is 5. The zero-order chi connectivity index (χ0) is 17.3. The Morgan fingerprint density at radius 2 is 2.17 bits per heavy atom. The Bertz CT molecular complexity index is 585. The number of amides is 1. The molecule has 0 aromatic carbocycles. The number of ether oxygens (including phenoxy) is 1. The van der Waals surface area contributed by atoms with Gasteiger partial charge in [-0.3, -0.25) is 0 Å². The van der Waals surface area contributed by atoms with E-state index < -0.39 is 5.60 Å². The Hall–Kier alpha value is -1.01. The van der Waals surface area contributed by atoms with E-state index in [4.69, 9.17) is 16.3 Å². The summed E-state index contributed by atoms with van der Waals surface area (Å²) in [5.41, 5.74) is 0.626. The lowest BCUT2D eigenvalue weighted by molar-refractivity contribution is 0.0517. The Labute approximate surface area is 150 Å². The van der Waals surface area contributed by atoms with Crippen LogP contribution in [0, 0.1) is 5.41 Å². The highest BCUT2D eigenvalue weighted by atomic mass is 79.9. The first kappa shape index (κ1) is 18.3. The summed E-state index contributed by atoms with van der Waals surface area (Å²) in [6.07, 6.45) is 3.58. The number of carbonyl (C=O) groups is 1. The molecule has 1 fully saturated rings. The van der Waals surface area contributed by atoms with Gasteiger partial charge in [0.05, 0.1) is 16.4 Å². The molecule has 1 aliphatic carbocycles. The van der Waals surface area contributed by atoms with E-state index in [9.17, 15) is 4.79 Å². The molecule has 0 spiro atoms. The van der Waals surface area contributed by atoms with Gasteiger partial charge in [0.2, 0.25) is 0 Å². The monoisotopic (exact) mass is 403 g/mol. The minimum absolute atomic E-state index is 0.109. The minimum Gasteiger partial charge on any atom is -0.444 e. The highest BCUT2D eigenvalue weighted by molar-refractivity contribution is 9.10. The molecule has 0 radical (unpaired) electrons. The molecular weight excluding hydrogens is 382 g/mol. The summed E-state index contributed by atoms with van der Waals surface area (Å²) in [6.45, 7) is 7.04. The van der Waals surface area contributed by atoms with Gasteiger partial charge >= 0.3 is 6.09 Å². The van der Waals surface area contributed by atoms with Crippen LogP contribution in [0.2, 0.25) is 5.15 Å². The quantitative estimate of drug-likeness (QED) is 0.746. The molecule has 7 heteroatoms. The lowest BCUT2D eigenvalue weighted by atomic mass is 10.1. The number of anilines is 1. The second kappa shape index (κ2) is 6.85. The first-order chi connectivity index (χ1) is 10.6. The molecule has 0 atom stereocenters. The molecular formula is C16H23BrClN3O2. The van der Waals surface area contributed by atoms with E-state index in [-0.39, 0.29) is 11.5 Å². The van der Waals surface area contributed by atoms with Crippen molar-refractivity contribution in [2.75, 3.05) is 25.0 Å². The van der Waals surface area contributed by atoms with Gasteiger partial charge in [0.15, 0.2) is 0 Å². The van der Waals surface area contributed by atoms with Gasteiger partial charge in [-0.1, -0.05) is 11.6 Å². The SMILES string of the molecule is CN(CC1(CNC(=O)OC(C)(C)C)CC1)c1cnc(Cl)c(Br)c1. The van der Waals surface area contributed by atoms with Crippen LogP contribution < -0.4 is 10.2 Å². The second-order valence-electron chi connectivity index (χ2n) is 7.18. The Kier molecular flexibility index (Phi) is 5.46. The van der Waals surface area contributed by atoms with Crippen molar-refractivity contribution in [3.05, 3.63) is 21.9 Å². The van der Waals surface area contributed by atoms with E-state index in [1.54, 1.807) is 6.20 Å². The minimum atomic E-state index is -0.473. The summed E-state index contributed by atoms with van der Waals surface area (Å²) in [4.78, 5) is 18.1. The average molecular weight is 405 g/mol. The lowest BCUT2D eigenvalue weighted by Gasteiger charge is -2.26. The number of nitrogens with one attached hydrogen (secondary N) is 1. The van der Waals surface area contributed by atoms with E-state index in [0.29, 0.717) is 11.7 Å². The van der Waals surface area contributed by atoms with Crippen LogP contribution in [0.25, 0.3) is 0 Å². The third-order valence-corrected chi connectivity index (χ3v) is 4.89. The average Bonchev–Trinajstić information content (AvgIpc) is 3.18. The van der Waals surface area contributed by atoms with Gasteiger partial charge in [-0.25, -0.2) is 9.78 Å². The van der Waals surface area contributed by atoms with Gasteiger partial charge in [0.25, 0.3) is 0 Å². The molecule has 128 valence electrons. The standard InChI is InChI=1S/C16H23BrClN3O2/c1-15(2,3)23-14(22)20-9-16(5-6-16)10-21(4)11-7-12(17)13(18)19-8-11/h7-8H,5-6,9-10H2,1-4H3,(H,20,22). The van der Waals surface area contributed by atoms with Crippen LogP contribution in [-0.2, 0) is 4.74 Å². The fourth-order valence-corrected chi connectivity index (χ4v) is 2.80. The molecule has 23 heavy (non-hydrogen) atoms. The van der Waals surface area contributed by atoms with Crippen molar-refractivity contribution in [3.63, 3.8) is 0 Å². The summed E-state index contributed by atoms with van der Waals surface area (Å²) < 4.78 is 6.06. The van der Waals surface area contributed by atoms with E-state index in [1.165, 1.54) is 0 Å². The Morgan fingerprint density at radius 1 is 1.52 bits per heavy atom. The second-order valence-corrected chi connectivity index (χ2v) is 8.39. The van der Waals surface area contributed by atoms with Crippen molar-refractivity contribution in [1.82, 2.24) is 10.3 Å². The molecule has 1 aromatic rings. The molecule has 1 aromatic heterocycles.